The van der Waals surface area contributed by atoms with Crippen molar-refractivity contribution in [3.05, 3.63) is 40.7 Å². The van der Waals surface area contributed by atoms with Gasteiger partial charge in [0.25, 0.3) is 0 Å². The smallest absolute Gasteiger partial charge is 0.228 e. The lowest BCUT2D eigenvalue weighted by molar-refractivity contribution is 0.415. The highest BCUT2D eigenvalue weighted by Crippen LogP contribution is 2.24. The lowest BCUT2D eigenvalue weighted by Crippen LogP contribution is -2.25. The highest BCUT2D eigenvalue weighted by Gasteiger charge is 2.16. The molecule has 0 bridgehead atoms. The summed E-state index contributed by atoms with van der Waals surface area (Å²) in [7, 11) is 1.64. The lowest BCUT2D eigenvalue weighted by Gasteiger charge is -2.18. The van der Waals surface area contributed by atoms with Crippen molar-refractivity contribution < 1.29 is 4.74 Å². The highest BCUT2D eigenvalue weighted by atomic mass is 35.5. The molecule has 0 amide bonds. The van der Waals surface area contributed by atoms with Crippen LogP contribution in [0.1, 0.15) is 11.3 Å². The van der Waals surface area contributed by atoms with E-state index in [1.165, 1.54) is 0 Å². The topological polar surface area (TPSA) is 59.1 Å². The van der Waals surface area contributed by atoms with Crippen LogP contribution >= 0.6 is 11.6 Å². The number of nitrogens with zero attached hydrogens (tertiary/aromatic N) is 2. The summed E-state index contributed by atoms with van der Waals surface area (Å²) in [5, 5.41) is 6.93. The van der Waals surface area contributed by atoms with Gasteiger partial charge in [-0.15, -0.1) is 0 Å². The maximum Gasteiger partial charge on any atom is 0.228 e. The number of aromatic nitrogens is 2. The van der Waals surface area contributed by atoms with E-state index in [0.29, 0.717) is 11.1 Å². The van der Waals surface area contributed by atoms with Crippen molar-refractivity contribution in [3.8, 4) is 5.75 Å². The second kappa shape index (κ2) is 5.64. The van der Waals surface area contributed by atoms with Gasteiger partial charge in [-0.05, 0) is 12.1 Å². The molecule has 0 unspecified atom stereocenters. The number of anilines is 2. The standard InChI is InChI=1S/C14H15ClN4O/c1-20-10-4-2-3-9(7-10)17-14-18-12-5-6-16-8-11(12)13(15)19-14/h2-4,7,16H,5-6,8H2,1H3,(H,17,18,19). The van der Waals surface area contributed by atoms with E-state index in [-0.39, 0.29) is 0 Å². The third-order valence-corrected chi connectivity index (χ3v) is 3.52. The first-order chi connectivity index (χ1) is 9.76. The predicted molar refractivity (Wildman–Crippen MR) is 78.7 cm³/mol. The third kappa shape index (κ3) is 2.69. The van der Waals surface area contributed by atoms with Crippen LogP contribution in [0.25, 0.3) is 0 Å². The molecule has 2 aromatic rings. The monoisotopic (exact) mass is 290 g/mol. The number of nitrogens with one attached hydrogen (secondary N) is 2. The number of ether oxygens (including phenoxy) is 1. The average molecular weight is 291 g/mol. The van der Waals surface area contributed by atoms with Crippen LogP contribution < -0.4 is 15.4 Å². The molecule has 0 spiro atoms. The molecule has 2 heterocycles. The normalized spacial score (nSPS) is 13.7. The molecule has 104 valence electrons. The van der Waals surface area contributed by atoms with E-state index in [9.17, 15) is 0 Å². The zero-order chi connectivity index (χ0) is 13.9. The van der Waals surface area contributed by atoms with Crippen LogP contribution in [-0.2, 0) is 13.0 Å². The second-order valence-corrected chi connectivity index (χ2v) is 4.91. The van der Waals surface area contributed by atoms with Gasteiger partial charge in [-0.2, -0.15) is 0 Å². The fraction of sp³-hybridized carbons (Fsp3) is 0.286. The van der Waals surface area contributed by atoms with Gasteiger partial charge >= 0.3 is 0 Å². The van der Waals surface area contributed by atoms with Crippen molar-refractivity contribution in [2.75, 3.05) is 19.0 Å². The summed E-state index contributed by atoms with van der Waals surface area (Å²) in [6.45, 7) is 1.65. The lowest BCUT2D eigenvalue weighted by atomic mass is 10.1. The SMILES string of the molecule is COc1cccc(Nc2nc(Cl)c3c(n2)CCNC3)c1. The Morgan fingerprint density at radius 1 is 1.35 bits per heavy atom. The van der Waals surface area contributed by atoms with E-state index < -0.39 is 0 Å². The molecule has 0 atom stereocenters. The van der Waals surface area contributed by atoms with Crippen LogP contribution in [0.4, 0.5) is 11.6 Å². The third-order valence-electron chi connectivity index (χ3n) is 3.21. The van der Waals surface area contributed by atoms with Crippen molar-refractivity contribution in [3.63, 3.8) is 0 Å². The molecule has 2 N–H and O–H groups in total. The maximum atomic E-state index is 6.22. The highest BCUT2D eigenvalue weighted by molar-refractivity contribution is 6.30. The van der Waals surface area contributed by atoms with Crippen LogP contribution in [0.2, 0.25) is 5.15 Å². The number of halogens is 1. The molecule has 3 rings (SSSR count). The molecular formula is C14H15ClN4O. The van der Waals surface area contributed by atoms with Gasteiger partial charge < -0.3 is 15.4 Å². The molecule has 1 aromatic carbocycles. The van der Waals surface area contributed by atoms with Gasteiger partial charge in [0.15, 0.2) is 0 Å². The van der Waals surface area contributed by atoms with Gasteiger partial charge in [-0.1, -0.05) is 17.7 Å². The molecule has 5 nitrogen and oxygen atoms in total. The Kier molecular flexibility index (Phi) is 3.71. The summed E-state index contributed by atoms with van der Waals surface area (Å²) < 4.78 is 5.19. The first-order valence-corrected chi connectivity index (χ1v) is 6.81. The average Bonchev–Trinajstić information content (AvgIpc) is 2.47. The summed E-state index contributed by atoms with van der Waals surface area (Å²) in [6, 6.07) is 7.61. The molecular weight excluding hydrogens is 276 g/mol. The Morgan fingerprint density at radius 2 is 2.25 bits per heavy atom. The van der Waals surface area contributed by atoms with Crippen LogP contribution in [0, 0.1) is 0 Å². The minimum Gasteiger partial charge on any atom is -0.497 e. The Morgan fingerprint density at radius 3 is 3.10 bits per heavy atom. The van der Waals surface area contributed by atoms with Crippen molar-refractivity contribution in [2.45, 2.75) is 13.0 Å². The number of benzene rings is 1. The second-order valence-electron chi connectivity index (χ2n) is 4.55. The molecule has 0 fully saturated rings. The zero-order valence-electron chi connectivity index (χ0n) is 11.1. The first-order valence-electron chi connectivity index (χ1n) is 6.43. The Balaban J connectivity index is 1.89. The summed E-state index contributed by atoms with van der Waals surface area (Å²) in [5.74, 6) is 1.30. The predicted octanol–water partition coefficient (Wildman–Crippen LogP) is 2.53. The van der Waals surface area contributed by atoms with E-state index in [1.807, 2.05) is 24.3 Å². The van der Waals surface area contributed by atoms with E-state index in [1.54, 1.807) is 7.11 Å². The summed E-state index contributed by atoms with van der Waals surface area (Å²) in [5.41, 5.74) is 2.87. The van der Waals surface area contributed by atoms with Gasteiger partial charge in [-0.3, -0.25) is 0 Å². The van der Waals surface area contributed by atoms with Crippen molar-refractivity contribution in [1.29, 1.82) is 0 Å². The fourth-order valence-corrected chi connectivity index (χ4v) is 2.44. The minimum atomic E-state index is 0.507. The van der Waals surface area contributed by atoms with Crippen LogP contribution in [0.5, 0.6) is 5.75 Å². The molecule has 20 heavy (non-hydrogen) atoms. The number of hydrogen-bond donors (Lipinski definition) is 2. The molecule has 6 heteroatoms. The van der Waals surface area contributed by atoms with Crippen LogP contribution in [0.3, 0.4) is 0 Å². The largest absolute Gasteiger partial charge is 0.497 e. The van der Waals surface area contributed by atoms with Crippen molar-refractivity contribution in [2.24, 2.45) is 0 Å². The van der Waals surface area contributed by atoms with E-state index >= 15 is 0 Å². The molecule has 1 aromatic heterocycles. The number of hydrogen-bond acceptors (Lipinski definition) is 5. The molecule has 0 saturated heterocycles. The Labute approximate surface area is 122 Å². The molecule has 0 radical (unpaired) electrons. The van der Waals surface area contributed by atoms with Crippen molar-refractivity contribution in [1.82, 2.24) is 15.3 Å². The van der Waals surface area contributed by atoms with E-state index in [2.05, 4.69) is 20.6 Å². The maximum absolute atomic E-state index is 6.22. The first kappa shape index (κ1) is 13.1. The van der Waals surface area contributed by atoms with Gasteiger partial charge in [-0.25, -0.2) is 9.97 Å². The van der Waals surface area contributed by atoms with E-state index in [0.717, 1.165) is 42.2 Å². The van der Waals surface area contributed by atoms with Gasteiger partial charge in [0.1, 0.15) is 10.9 Å². The Bertz CT molecular complexity index is 633. The molecule has 1 aliphatic rings. The number of methoxy groups -OCH3 is 1. The Hall–Kier alpha value is -1.85. The molecule has 0 aliphatic carbocycles. The van der Waals surface area contributed by atoms with Gasteiger partial charge in [0.2, 0.25) is 5.95 Å². The number of rotatable bonds is 3. The fourth-order valence-electron chi connectivity index (χ4n) is 2.19. The van der Waals surface area contributed by atoms with Gasteiger partial charge in [0.05, 0.1) is 12.8 Å². The van der Waals surface area contributed by atoms with Crippen LogP contribution in [0.15, 0.2) is 24.3 Å². The summed E-state index contributed by atoms with van der Waals surface area (Å²) >= 11 is 6.22. The van der Waals surface area contributed by atoms with Crippen molar-refractivity contribution >= 4 is 23.2 Å². The summed E-state index contributed by atoms with van der Waals surface area (Å²) in [6.07, 6.45) is 0.865. The molecule has 0 saturated carbocycles. The quantitative estimate of drug-likeness (QED) is 0.851. The minimum absolute atomic E-state index is 0.507. The van der Waals surface area contributed by atoms with E-state index in [4.69, 9.17) is 16.3 Å². The van der Waals surface area contributed by atoms with Gasteiger partial charge in [0, 0.05) is 36.8 Å². The summed E-state index contributed by atoms with van der Waals surface area (Å²) in [4.78, 5) is 8.84. The number of fused-ring (bicyclic) bond motifs is 1. The zero-order valence-corrected chi connectivity index (χ0v) is 11.9. The molecule has 1 aliphatic heterocycles. The van der Waals surface area contributed by atoms with Crippen LogP contribution in [-0.4, -0.2) is 23.6 Å².